The van der Waals surface area contributed by atoms with Crippen molar-refractivity contribution < 1.29 is 14.3 Å². The van der Waals surface area contributed by atoms with E-state index in [0.29, 0.717) is 26.0 Å². The third-order valence-corrected chi connectivity index (χ3v) is 4.84. The molecule has 0 aliphatic carbocycles. The highest BCUT2D eigenvalue weighted by Gasteiger charge is 2.25. The SMILES string of the molecule is CNC(=O)[C@@H](C)N(Cc1ccccc1C)C(=O)CCCOc1ccc(C)cc1. The summed E-state index contributed by atoms with van der Waals surface area (Å²) in [6.07, 6.45) is 0.927. The Hall–Kier alpha value is -2.82. The molecule has 0 aliphatic heterocycles. The highest BCUT2D eigenvalue weighted by molar-refractivity contribution is 5.87. The van der Waals surface area contributed by atoms with Gasteiger partial charge in [0.2, 0.25) is 11.8 Å². The maximum Gasteiger partial charge on any atom is 0.242 e. The lowest BCUT2D eigenvalue weighted by Crippen LogP contribution is -2.46. The van der Waals surface area contributed by atoms with Gasteiger partial charge in [-0.2, -0.15) is 0 Å². The molecule has 0 saturated heterocycles. The van der Waals surface area contributed by atoms with Crippen molar-refractivity contribution in [2.24, 2.45) is 0 Å². The van der Waals surface area contributed by atoms with Gasteiger partial charge in [-0.25, -0.2) is 0 Å². The number of carbonyl (C=O) groups excluding carboxylic acids is 2. The van der Waals surface area contributed by atoms with Crippen LogP contribution < -0.4 is 10.1 Å². The van der Waals surface area contributed by atoms with Crippen molar-refractivity contribution in [2.45, 2.75) is 46.2 Å². The van der Waals surface area contributed by atoms with Gasteiger partial charge in [-0.15, -0.1) is 0 Å². The van der Waals surface area contributed by atoms with Crippen LogP contribution in [0.1, 0.15) is 36.5 Å². The Balaban J connectivity index is 1.97. The van der Waals surface area contributed by atoms with Gasteiger partial charge < -0.3 is 15.0 Å². The fourth-order valence-corrected chi connectivity index (χ4v) is 2.95. The summed E-state index contributed by atoms with van der Waals surface area (Å²) < 4.78 is 5.71. The molecule has 0 radical (unpaired) electrons. The molecular weight excluding hydrogens is 352 g/mol. The fraction of sp³-hybridized carbons (Fsp3) is 0.391. The van der Waals surface area contributed by atoms with E-state index in [-0.39, 0.29) is 11.8 Å². The van der Waals surface area contributed by atoms with E-state index in [1.807, 2.05) is 62.4 Å². The van der Waals surface area contributed by atoms with Gasteiger partial charge >= 0.3 is 0 Å². The number of hydrogen-bond acceptors (Lipinski definition) is 3. The molecule has 2 aromatic carbocycles. The van der Waals surface area contributed by atoms with Crippen LogP contribution in [0.5, 0.6) is 5.75 Å². The highest BCUT2D eigenvalue weighted by atomic mass is 16.5. The fourth-order valence-electron chi connectivity index (χ4n) is 2.95. The molecule has 2 aromatic rings. The zero-order chi connectivity index (χ0) is 20.5. The van der Waals surface area contributed by atoms with E-state index in [1.165, 1.54) is 5.56 Å². The van der Waals surface area contributed by atoms with Crippen molar-refractivity contribution in [3.8, 4) is 5.75 Å². The highest BCUT2D eigenvalue weighted by Crippen LogP contribution is 2.16. The first-order valence-electron chi connectivity index (χ1n) is 9.67. The molecule has 0 saturated carbocycles. The molecular formula is C23H30N2O3. The summed E-state index contributed by atoms with van der Waals surface area (Å²) in [5.74, 6) is 0.582. The molecule has 0 fully saturated rings. The minimum atomic E-state index is -0.532. The molecule has 0 unspecified atom stereocenters. The number of nitrogens with one attached hydrogen (secondary N) is 1. The molecule has 5 heteroatoms. The summed E-state index contributed by atoms with van der Waals surface area (Å²) in [7, 11) is 1.59. The van der Waals surface area contributed by atoms with E-state index in [1.54, 1.807) is 18.9 Å². The molecule has 2 rings (SSSR count). The van der Waals surface area contributed by atoms with Gasteiger partial charge in [0.05, 0.1) is 6.61 Å². The van der Waals surface area contributed by atoms with Crippen molar-refractivity contribution in [3.05, 3.63) is 65.2 Å². The van der Waals surface area contributed by atoms with Gasteiger partial charge in [-0.3, -0.25) is 9.59 Å². The van der Waals surface area contributed by atoms with Gasteiger partial charge in [0.1, 0.15) is 11.8 Å². The molecule has 1 atom stereocenters. The average molecular weight is 383 g/mol. The molecule has 0 spiro atoms. The van der Waals surface area contributed by atoms with Crippen LogP contribution in [0.3, 0.4) is 0 Å². The number of amides is 2. The third-order valence-electron chi connectivity index (χ3n) is 4.84. The summed E-state index contributed by atoms with van der Waals surface area (Å²) in [6, 6.07) is 15.2. The van der Waals surface area contributed by atoms with Crippen LogP contribution in [0, 0.1) is 13.8 Å². The Labute approximate surface area is 167 Å². The number of carbonyl (C=O) groups is 2. The molecule has 0 aromatic heterocycles. The number of benzene rings is 2. The predicted molar refractivity (Wildman–Crippen MR) is 111 cm³/mol. The maximum absolute atomic E-state index is 12.9. The van der Waals surface area contributed by atoms with Gasteiger partial charge in [0, 0.05) is 20.0 Å². The van der Waals surface area contributed by atoms with Crippen LogP contribution >= 0.6 is 0 Å². The summed E-state index contributed by atoms with van der Waals surface area (Å²) >= 11 is 0. The summed E-state index contributed by atoms with van der Waals surface area (Å²) in [5.41, 5.74) is 3.33. The Bertz CT molecular complexity index is 787. The Morgan fingerprint density at radius 1 is 1.07 bits per heavy atom. The van der Waals surface area contributed by atoms with Crippen molar-refractivity contribution in [2.75, 3.05) is 13.7 Å². The number of rotatable bonds is 9. The van der Waals surface area contributed by atoms with Crippen LogP contribution in [-0.2, 0) is 16.1 Å². The van der Waals surface area contributed by atoms with Crippen molar-refractivity contribution >= 4 is 11.8 Å². The molecule has 5 nitrogen and oxygen atoms in total. The molecule has 150 valence electrons. The normalized spacial score (nSPS) is 11.6. The number of likely N-dealkylation sites (N-methyl/N-ethyl adjacent to an activating group) is 1. The van der Waals surface area contributed by atoms with Gasteiger partial charge in [-0.05, 0) is 50.5 Å². The standard InChI is InChI=1S/C23H30N2O3/c1-17-11-13-21(14-12-17)28-15-7-10-22(26)25(19(3)23(27)24-4)16-20-9-6-5-8-18(20)2/h5-6,8-9,11-14,19H,7,10,15-16H2,1-4H3,(H,24,27)/t19-/m1/s1. The molecule has 0 aliphatic rings. The van der Waals surface area contributed by atoms with E-state index in [0.717, 1.165) is 16.9 Å². The van der Waals surface area contributed by atoms with E-state index >= 15 is 0 Å². The lowest BCUT2D eigenvalue weighted by Gasteiger charge is -2.29. The zero-order valence-corrected chi connectivity index (χ0v) is 17.2. The van der Waals surface area contributed by atoms with Crippen molar-refractivity contribution in [1.29, 1.82) is 0 Å². The topological polar surface area (TPSA) is 58.6 Å². The maximum atomic E-state index is 12.9. The van der Waals surface area contributed by atoms with Crippen molar-refractivity contribution in [3.63, 3.8) is 0 Å². The van der Waals surface area contributed by atoms with Gasteiger partial charge in [-0.1, -0.05) is 42.0 Å². The molecule has 28 heavy (non-hydrogen) atoms. The lowest BCUT2D eigenvalue weighted by atomic mass is 10.1. The average Bonchev–Trinajstić information content (AvgIpc) is 2.70. The van der Waals surface area contributed by atoms with E-state index in [9.17, 15) is 9.59 Å². The van der Waals surface area contributed by atoms with E-state index in [4.69, 9.17) is 4.74 Å². The minimum absolute atomic E-state index is 0.0492. The van der Waals surface area contributed by atoms with Crippen LogP contribution in [0.4, 0.5) is 0 Å². The summed E-state index contributed by atoms with van der Waals surface area (Å²) in [5, 5.41) is 2.64. The first-order chi connectivity index (χ1) is 13.4. The second-order valence-electron chi connectivity index (χ2n) is 7.00. The van der Waals surface area contributed by atoms with E-state index in [2.05, 4.69) is 5.32 Å². The van der Waals surface area contributed by atoms with Crippen molar-refractivity contribution in [1.82, 2.24) is 10.2 Å². The largest absolute Gasteiger partial charge is 0.494 e. The number of nitrogens with zero attached hydrogens (tertiary/aromatic N) is 1. The first-order valence-corrected chi connectivity index (χ1v) is 9.67. The smallest absolute Gasteiger partial charge is 0.242 e. The number of hydrogen-bond donors (Lipinski definition) is 1. The second-order valence-corrected chi connectivity index (χ2v) is 7.00. The first kappa shape index (κ1) is 21.5. The molecule has 0 heterocycles. The summed E-state index contributed by atoms with van der Waals surface area (Å²) in [4.78, 5) is 26.7. The Morgan fingerprint density at radius 3 is 2.39 bits per heavy atom. The zero-order valence-electron chi connectivity index (χ0n) is 17.2. The van der Waals surface area contributed by atoms with Crippen LogP contribution in [0.2, 0.25) is 0 Å². The summed E-state index contributed by atoms with van der Waals surface area (Å²) in [6.45, 7) is 6.68. The number of ether oxygens (including phenoxy) is 1. The van der Waals surface area contributed by atoms with Crippen LogP contribution in [-0.4, -0.2) is 36.4 Å². The second kappa shape index (κ2) is 10.5. The van der Waals surface area contributed by atoms with Crippen LogP contribution in [0.25, 0.3) is 0 Å². The number of aryl methyl sites for hydroxylation is 2. The minimum Gasteiger partial charge on any atom is -0.494 e. The molecule has 2 amide bonds. The quantitative estimate of drug-likeness (QED) is 0.674. The van der Waals surface area contributed by atoms with Gasteiger partial charge in [0.15, 0.2) is 0 Å². The van der Waals surface area contributed by atoms with Crippen LogP contribution in [0.15, 0.2) is 48.5 Å². The monoisotopic (exact) mass is 382 g/mol. The Morgan fingerprint density at radius 2 is 1.75 bits per heavy atom. The lowest BCUT2D eigenvalue weighted by molar-refractivity contribution is -0.140. The Kier molecular flexibility index (Phi) is 8.05. The van der Waals surface area contributed by atoms with E-state index < -0.39 is 6.04 Å². The van der Waals surface area contributed by atoms with Gasteiger partial charge in [0.25, 0.3) is 0 Å². The molecule has 1 N–H and O–H groups in total. The predicted octanol–water partition coefficient (Wildman–Crippen LogP) is 3.63. The third kappa shape index (κ3) is 6.12. The molecule has 0 bridgehead atoms.